The summed E-state index contributed by atoms with van der Waals surface area (Å²) in [4.78, 5) is 18.4. The lowest BCUT2D eigenvalue weighted by Gasteiger charge is -2.33. The SMILES string of the molecule is CN1CCN(c2cc3c(Nc4ccc(S(=O)(=O)c5ccccc5)cc4)ncnc3cn2)CC1. The third-order valence-corrected chi connectivity index (χ3v) is 7.60. The van der Waals surface area contributed by atoms with Crippen LogP contribution < -0.4 is 10.2 Å². The summed E-state index contributed by atoms with van der Waals surface area (Å²) in [5.74, 6) is 1.55. The number of aromatic nitrogens is 3. The lowest BCUT2D eigenvalue weighted by atomic mass is 10.2. The first-order valence-corrected chi connectivity index (χ1v) is 12.2. The van der Waals surface area contributed by atoms with Crippen LogP contribution in [0.15, 0.2) is 83.0 Å². The first-order chi connectivity index (χ1) is 16.0. The highest BCUT2D eigenvalue weighted by Gasteiger charge is 2.18. The normalized spacial score (nSPS) is 15.0. The molecule has 1 N–H and O–H groups in total. The lowest BCUT2D eigenvalue weighted by molar-refractivity contribution is 0.312. The van der Waals surface area contributed by atoms with Gasteiger partial charge in [0.05, 0.1) is 21.5 Å². The zero-order valence-electron chi connectivity index (χ0n) is 18.2. The van der Waals surface area contributed by atoms with Crippen molar-refractivity contribution in [3.05, 3.63) is 73.2 Å². The molecule has 0 bridgehead atoms. The molecule has 1 saturated heterocycles. The van der Waals surface area contributed by atoms with Crippen LogP contribution >= 0.6 is 0 Å². The molecule has 0 atom stereocenters. The Hall–Kier alpha value is -3.56. The van der Waals surface area contributed by atoms with Crippen molar-refractivity contribution < 1.29 is 8.42 Å². The van der Waals surface area contributed by atoms with Gasteiger partial charge in [-0.1, -0.05) is 18.2 Å². The van der Waals surface area contributed by atoms with Crippen molar-refractivity contribution in [3.8, 4) is 0 Å². The summed E-state index contributed by atoms with van der Waals surface area (Å²) >= 11 is 0. The van der Waals surface area contributed by atoms with Crippen molar-refractivity contribution in [1.29, 1.82) is 0 Å². The Labute approximate surface area is 192 Å². The monoisotopic (exact) mass is 460 g/mol. The smallest absolute Gasteiger partial charge is 0.206 e. The highest BCUT2D eigenvalue weighted by atomic mass is 32.2. The molecule has 2 aromatic heterocycles. The number of rotatable bonds is 5. The summed E-state index contributed by atoms with van der Waals surface area (Å²) in [6, 6.07) is 17.1. The maximum atomic E-state index is 12.8. The fraction of sp³-hybridized carbons (Fsp3) is 0.208. The van der Waals surface area contributed by atoms with Crippen LogP contribution in [0.25, 0.3) is 10.9 Å². The van der Waals surface area contributed by atoms with E-state index in [2.05, 4.69) is 37.1 Å². The van der Waals surface area contributed by atoms with Crippen molar-refractivity contribution in [2.45, 2.75) is 9.79 Å². The van der Waals surface area contributed by atoms with Gasteiger partial charge >= 0.3 is 0 Å². The van der Waals surface area contributed by atoms with Gasteiger partial charge in [-0.15, -0.1) is 0 Å². The zero-order chi connectivity index (χ0) is 22.8. The van der Waals surface area contributed by atoms with E-state index in [4.69, 9.17) is 0 Å². The van der Waals surface area contributed by atoms with E-state index in [0.29, 0.717) is 5.82 Å². The van der Waals surface area contributed by atoms with Gasteiger partial charge in [-0.3, -0.25) is 0 Å². The highest BCUT2D eigenvalue weighted by Crippen LogP contribution is 2.28. The van der Waals surface area contributed by atoms with Gasteiger partial charge in [0.25, 0.3) is 0 Å². The number of anilines is 3. The number of fused-ring (bicyclic) bond motifs is 1. The minimum Gasteiger partial charge on any atom is -0.354 e. The van der Waals surface area contributed by atoms with Crippen molar-refractivity contribution in [2.75, 3.05) is 43.4 Å². The Kier molecular flexibility index (Phi) is 5.65. The molecule has 1 aliphatic rings. The topological polar surface area (TPSA) is 91.3 Å². The number of likely N-dealkylation sites (N-methyl/N-ethyl adjacent to an activating group) is 1. The second-order valence-electron chi connectivity index (χ2n) is 8.04. The molecule has 5 rings (SSSR count). The summed E-state index contributed by atoms with van der Waals surface area (Å²) in [6.07, 6.45) is 3.27. The summed E-state index contributed by atoms with van der Waals surface area (Å²) in [5.41, 5.74) is 1.48. The van der Waals surface area contributed by atoms with Crippen molar-refractivity contribution in [1.82, 2.24) is 19.9 Å². The Bertz CT molecular complexity index is 1370. The standard InChI is InChI=1S/C24H24N6O2S/c1-29-11-13-30(14-12-29)23-15-21-22(16-25-23)26-17-27-24(21)28-18-7-9-20(10-8-18)33(31,32)19-5-3-2-4-6-19/h2-10,15-17H,11-14H2,1H3,(H,26,27,28). The van der Waals surface area contributed by atoms with Crippen LogP contribution in [0.3, 0.4) is 0 Å². The molecule has 0 amide bonds. The maximum absolute atomic E-state index is 12.8. The number of benzene rings is 2. The Morgan fingerprint density at radius 1 is 0.848 bits per heavy atom. The van der Waals surface area contributed by atoms with Gasteiger partial charge in [0, 0.05) is 37.3 Å². The van der Waals surface area contributed by atoms with Crippen molar-refractivity contribution in [2.24, 2.45) is 0 Å². The summed E-state index contributed by atoms with van der Waals surface area (Å²) in [5, 5.41) is 4.17. The predicted molar refractivity (Wildman–Crippen MR) is 129 cm³/mol. The van der Waals surface area contributed by atoms with Gasteiger partial charge in [0.2, 0.25) is 9.84 Å². The minimum absolute atomic E-state index is 0.244. The largest absolute Gasteiger partial charge is 0.354 e. The van der Waals surface area contributed by atoms with Gasteiger partial charge in [-0.25, -0.2) is 23.4 Å². The molecular weight excluding hydrogens is 436 g/mol. The van der Waals surface area contributed by atoms with E-state index in [-0.39, 0.29) is 9.79 Å². The third-order valence-electron chi connectivity index (χ3n) is 5.82. The van der Waals surface area contributed by atoms with Crippen LogP contribution in [0.4, 0.5) is 17.3 Å². The molecule has 0 spiro atoms. The predicted octanol–water partition coefficient (Wildman–Crippen LogP) is 3.35. The zero-order valence-corrected chi connectivity index (χ0v) is 19.0. The Balaban J connectivity index is 1.41. The maximum Gasteiger partial charge on any atom is 0.206 e. The number of pyridine rings is 1. The molecule has 8 nitrogen and oxygen atoms in total. The number of hydrogen-bond donors (Lipinski definition) is 1. The van der Waals surface area contributed by atoms with Gasteiger partial charge in [-0.05, 0) is 49.5 Å². The van der Waals surface area contributed by atoms with Gasteiger partial charge < -0.3 is 15.1 Å². The van der Waals surface area contributed by atoms with Crippen LogP contribution in [-0.2, 0) is 9.84 Å². The average Bonchev–Trinajstić information content (AvgIpc) is 2.85. The third kappa shape index (κ3) is 4.37. The number of nitrogens with zero attached hydrogens (tertiary/aromatic N) is 5. The van der Waals surface area contributed by atoms with E-state index < -0.39 is 9.84 Å². The second-order valence-corrected chi connectivity index (χ2v) is 9.99. The molecular formula is C24H24N6O2S. The summed E-state index contributed by atoms with van der Waals surface area (Å²) in [7, 11) is -1.43. The molecule has 9 heteroatoms. The molecule has 1 fully saturated rings. The van der Waals surface area contributed by atoms with E-state index >= 15 is 0 Å². The van der Waals surface area contributed by atoms with Gasteiger partial charge in [0.15, 0.2) is 0 Å². The second kappa shape index (κ2) is 8.76. The Morgan fingerprint density at radius 3 is 2.27 bits per heavy atom. The molecule has 3 heterocycles. The quantitative estimate of drug-likeness (QED) is 0.485. The molecule has 0 radical (unpaired) electrons. The molecule has 0 unspecified atom stereocenters. The van der Waals surface area contributed by atoms with Crippen LogP contribution in [0.5, 0.6) is 0 Å². The first-order valence-electron chi connectivity index (χ1n) is 10.7. The minimum atomic E-state index is -3.56. The molecule has 4 aromatic rings. The van der Waals surface area contributed by atoms with Crippen LogP contribution in [-0.4, -0.2) is 61.5 Å². The molecule has 0 aliphatic carbocycles. The molecule has 168 valence electrons. The van der Waals surface area contributed by atoms with Crippen LogP contribution in [0, 0.1) is 0 Å². The number of hydrogen-bond acceptors (Lipinski definition) is 8. The fourth-order valence-corrected chi connectivity index (χ4v) is 5.13. The Morgan fingerprint density at radius 2 is 1.55 bits per heavy atom. The number of nitrogens with one attached hydrogen (secondary N) is 1. The van der Waals surface area contributed by atoms with Gasteiger partial charge in [0.1, 0.15) is 18.0 Å². The first kappa shape index (κ1) is 21.3. The molecule has 2 aromatic carbocycles. The van der Waals surface area contributed by atoms with E-state index in [1.165, 1.54) is 6.33 Å². The molecule has 0 saturated carbocycles. The van der Waals surface area contributed by atoms with Crippen LogP contribution in [0.2, 0.25) is 0 Å². The van der Waals surface area contributed by atoms with E-state index in [1.807, 2.05) is 6.07 Å². The lowest BCUT2D eigenvalue weighted by Crippen LogP contribution is -2.44. The van der Waals surface area contributed by atoms with Crippen molar-refractivity contribution in [3.63, 3.8) is 0 Å². The summed E-state index contributed by atoms with van der Waals surface area (Å²) in [6.45, 7) is 3.83. The van der Waals surface area contributed by atoms with Crippen molar-refractivity contribution >= 4 is 38.1 Å². The fourth-order valence-electron chi connectivity index (χ4n) is 3.85. The number of sulfone groups is 1. The van der Waals surface area contributed by atoms with E-state index in [1.54, 1.807) is 60.8 Å². The average molecular weight is 461 g/mol. The molecule has 1 aliphatic heterocycles. The van der Waals surface area contributed by atoms with E-state index in [0.717, 1.165) is 48.6 Å². The molecule has 33 heavy (non-hydrogen) atoms. The highest BCUT2D eigenvalue weighted by molar-refractivity contribution is 7.91. The van der Waals surface area contributed by atoms with Gasteiger partial charge in [-0.2, -0.15) is 0 Å². The summed E-state index contributed by atoms with van der Waals surface area (Å²) < 4.78 is 25.7. The number of piperazine rings is 1. The van der Waals surface area contributed by atoms with E-state index in [9.17, 15) is 8.42 Å². The van der Waals surface area contributed by atoms with Crippen LogP contribution in [0.1, 0.15) is 0 Å².